The number of rotatable bonds is 3. The fourth-order valence-corrected chi connectivity index (χ4v) is 1.68. The molecule has 0 radical (unpaired) electrons. The highest BCUT2D eigenvalue weighted by Crippen LogP contribution is 2.15. The van der Waals surface area contributed by atoms with Crippen molar-refractivity contribution < 1.29 is 9.90 Å². The Morgan fingerprint density at radius 3 is 2.61 bits per heavy atom. The highest BCUT2D eigenvalue weighted by molar-refractivity contribution is 9.10. The first-order valence-corrected chi connectivity index (χ1v) is 6.08. The van der Waals surface area contributed by atoms with E-state index < -0.39 is 0 Å². The normalized spacial score (nSPS) is 10.7. The molecule has 0 bridgehead atoms. The number of aromatic nitrogens is 1. The highest BCUT2D eigenvalue weighted by atomic mass is 79.9. The summed E-state index contributed by atoms with van der Waals surface area (Å²) in [4.78, 5) is 15.6. The Balaban J connectivity index is 2.17. The minimum Gasteiger partial charge on any atom is -0.506 e. The summed E-state index contributed by atoms with van der Waals surface area (Å²) in [5, 5.41) is 9.49. The van der Waals surface area contributed by atoms with Crippen LogP contribution >= 0.6 is 15.9 Å². The topological polar surface area (TPSA) is 50.2 Å². The van der Waals surface area contributed by atoms with Crippen LogP contribution in [0.4, 0.5) is 0 Å². The van der Waals surface area contributed by atoms with Crippen molar-refractivity contribution in [3.63, 3.8) is 0 Å². The monoisotopic (exact) mass is 303 g/mol. The summed E-state index contributed by atoms with van der Waals surface area (Å²) in [6.07, 6.45) is 4.55. The second-order valence-corrected chi connectivity index (χ2v) is 4.54. The summed E-state index contributed by atoms with van der Waals surface area (Å²) in [6, 6.07) is 10.6. The lowest BCUT2D eigenvalue weighted by atomic mass is 10.1. The number of nitrogens with zero attached hydrogens (tertiary/aromatic N) is 1. The lowest BCUT2D eigenvalue weighted by Gasteiger charge is -1.98. The van der Waals surface area contributed by atoms with Crippen LogP contribution in [-0.2, 0) is 0 Å². The summed E-state index contributed by atoms with van der Waals surface area (Å²) in [7, 11) is 0. The molecule has 0 spiro atoms. The van der Waals surface area contributed by atoms with Crippen LogP contribution in [-0.4, -0.2) is 15.9 Å². The maximum Gasteiger partial charge on any atom is 0.207 e. The SMILES string of the molecule is O=C(/C=C/c1ccc(Br)cc1)c1ncccc1O. The van der Waals surface area contributed by atoms with Gasteiger partial charge < -0.3 is 5.11 Å². The molecule has 2 rings (SSSR count). The number of aromatic hydroxyl groups is 1. The van der Waals surface area contributed by atoms with E-state index in [1.807, 2.05) is 24.3 Å². The van der Waals surface area contributed by atoms with Gasteiger partial charge in [0.2, 0.25) is 5.78 Å². The van der Waals surface area contributed by atoms with Crippen molar-refractivity contribution in [1.29, 1.82) is 0 Å². The number of ketones is 1. The number of carbonyl (C=O) groups is 1. The van der Waals surface area contributed by atoms with Gasteiger partial charge in [0.05, 0.1) is 0 Å². The van der Waals surface area contributed by atoms with Gasteiger partial charge in [-0.1, -0.05) is 34.1 Å². The van der Waals surface area contributed by atoms with E-state index in [1.54, 1.807) is 12.1 Å². The number of carbonyl (C=O) groups excluding carboxylic acids is 1. The summed E-state index contributed by atoms with van der Waals surface area (Å²) >= 11 is 3.34. The Kier molecular flexibility index (Phi) is 3.89. The van der Waals surface area contributed by atoms with E-state index in [1.165, 1.54) is 18.3 Å². The maximum absolute atomic E-state index is 11.8. The summed E-state index contributed by atoms with van der Waals surface area (Å²) in [6.45, 7) is 0. The lowest BCUT2D eigenvalue weighted by Crippen LogP contribution is -1.97. The second kappa shape index (κ2) is 5.60. The molecule has 1 N–H and O–H groups in total. The first-order valence-electron chi connectivity index (χ1n) is 5.29. The number of hydrogen-bond donors (Lipinski definition) is 1. The lowest BCUT2D eigenvalue weighted by molar-refractivity contribution is 0.104. The highest BCUT2D eigenvalue weighted by Gasteiger charge is 2.08. The predicted octanol–water partition coefficient (Wildman–Crippen LogP) is 3.45. The number of pyridine rings is 1. The van der Waals surface area contributed by atoms with Crippen LogP contribution in [0.15, 0.2) is 53.1 Å². The molecule has 0 atom stereocenters. The Morgan fingerprint density at radius 2 is 1.94 bits per heavy atom. The van der Waals surface area contributed by atoms with Gasteiger partial charge in [-0.25, -0.2) is 4.98 Å². The van der Waals surface area contributed by atoms with Gasteiger partial charge in [-0.3, -0.25) is 4.79 Å². The fourth-order valence-electron chi connectivity index (χ4n) is 1.41. The first-order chi connectivity index (χ1) is 8.66. The second-order valence-electron chi connectivity index (χ2n) is 3.62. The van der Waals surface area contributed by atoms with E-state index in [4.69, 9.17) is 0 Å². The smallest absolute Gasteiger partial charge is 0.207 e. The molecule has 2 aromatic rings. The standard InChI is InChI=1S/C14H10BrNO2/c15-11-6-3-10(4-7-11)5-8-13(18)14-12(17)2-1-9-16-14/h1-9,17H/b8-5+. The molecule has 0 saturated carbocycles. The van der Waals surface area contributed by atoms with Crippen molar-refractivity contribution in [2.75, 3.05) is 0 Å². The zero-order valence-corrected chi connectivity index (χ0v) is 11.0. The van der Waals surface area contributed by atoms with Crippen molar-refractivity contribution in [1.82, 2.24) is 4.98 Å². The van der Waals surface area contributed by atoms with E-state index in [0.717, 1.165) is 10.0 Å². The average molecular weight is 304 g/mol. The van der Waals surface area contributed by atoms with Crippen LogP contribution in [0.2, 0.25) is 0 Å². The molecule has 0 unspecified atom stereocenters. The molecular weight excluding hydrogens is 294 g/mol. The van der Waals surface area contributed by atoms with Gasteiger partial charge in [0.25, 0.3) is 0 Å². The summed E-state index contributed by atoms with van der Waals surface area (Å²) < 4.78 is 0.980. The van der Waals surface area contributed by atoms with Crippen LogP contribution in [0.1, 0.15) is 16.1 Å². The molecule has 0 saturated heterocycles. The Bertz CT molecular complexity index is 591. The molecule has 4 heteroatoms. The molecule has 0 fully saturated rings. The van der Waals surface area contributed by atoms with Crippen molar-refractivity contribution in [3.05, 3.63) is 64.4 Å². The van der Waals surface area contributed by atoms with Gasteiger partial charge >= 0.3 is 0 Å². The number of hydrogen-bond acceptors (Lipinski definition) is 3. The third-order valence-electron chi connectivity index (χ3n) is 2.32. The summed E-state index contributed by atoms with van der Waals surface area (Å²) in [5.74, 6) is -0.432. The van der Waals surface area contributed by atoms with E-state index in [-0.39, 0.29) is 17.2 Å². The third kappa shape index (κ3) is 3.05. The minimum atomic E-state index is -0.323. The molecule has 0 amide bonds. The van der Waals surface area contributed by atoms with Crippen LogP contribution in [0, 0.1) is 0 Å². The molecule has 1 aromatic heterocycles. The zero-order chi connectivity index (χ0) is 13.0. The molecule has 0 aliphatic carbocycles. The van der Waals surface area contributed by atoms with E-state index in [9.17, 15) is 9.90 Å². The zero-order valence-electron chi connectivity index (χ0n) is 9.38. The number of benzene rings is 1. The molecule has 0 aliphatic rings. The molecular formula is C14H10BrNO2. The number of halogens is 1. The first kappa shape index (κ1) is 12.5. The maximum atomic E-state index is 11.8. The minimum absolute atomic E-state index is 0.0610. The van der Waals surface area contributed by atoms with Gasteiger partial charge in [-0.05, 0) is 35.9 Å². The molecule has 0 aliphatic heterocycles. The van der Waals surface area contributed by atoms with Crippen LogP contribution in [0.5, 0.6) is 5.75 Å². The number of allylic oxidation sites excluding steroid dienone is 1. The van der Waals surface area contributed by atoms with Gasteiger partial charge in [-0.2, -0.15) is 0 Å². The molecule has 1 heterocycles. The van der Waals surface area contributed by atoms with E-state index >= 15 is 0 Å². The molecule has 18 heavy (non-hydrogen) atoms. The van der Waals surface area contributed by atoms with Crippen LogP contribution < -0.4 is 0 Å². The van der Waals surface area contributed by atoms with E-state index in [0.29, 0.717) is 0 Å². The molecule has 90 valence electrons. The Hall–Kier alpha value is -1.94. The third-order valence-corrected chi connectivity index (χ3v) is 2.85. The van der Waals surface area contributed by atoms with Crippen molar-refractivity contribution in [3.8, 4) is 5.75 Å². The van der Waals surface area contributed by atoms with Crippen molar-refractivity contribution in [2.45, 2.75) is 0 Å². The predicted molar refractivity (Wildman–Crippen MR) is 73.4 cm³/mol. The Labute approximate surface area is 113 Å². The van der Waals surface area contributed by atoms with Gasteiger partial charge in [0.15, 0.2) is 5.69 Å². The van der Waals surface area contributed by atoms with Crippen molar-refractivity contribution in [2.24, 2.45) is 0 Å². The summed E-state index contributed by atoms with van der Waals surface area (Å²) in [5.41, 5.74) is 0.966. The molecule has 1 aromatic carbocycles. The quantitative estimate of drug-likeness (QED) is 0.698. The van der Waals surface area contributed by atoms with Gasteiger partial charge in [-0.15, -0.1) is 0 Å². The van der Waals surface area contributed by atoms with E-state index in [2.05, 4.69) is 20.9 Å². The van der Waals surface area contributed by atoms with Crippen molar-refractivity contribution >= 4 is 27.8 Å². The Morgan fingerprint density at radius 1 is 1.22 bits per heavy atom. The average Bonchev–Trinajstić information content (AvgIpc) is 2.38. The van der Waals surface area contributed by atoms with Crippen LogP contribution in [0.3, 0.4) is 0 Å². The largest absolute Gasteiger partial charge is 0.506 e. The molecule has 3 nitrogen and oxygen atoms in total. The fraction of sp³-hybridized carbons (Fsp3) is 0. The van der Waals surface area contributed by atoms with Crippen LogP contribution in [0.25, 0.3) is 6.08 Å². The van der Waals surface area contributed by atoms with Gasteiger partial charge in [0.1, 0.15) is 5.75 Å². The van der Waals surface area contributed by atoms with Gasteiger partial charge in [0, 0.05) is 10.7 Å².